The third-order valence-electron chi connectivity index (χ3n) is 3.96. The molecule has 1 spiro atoms. The molecule has 1 aliphatic carbocycles. The molecular weight excluding hydrogens is 242 g/mol. The second-order valence-corrected chi connectivity index (χ2v) is 5.14. The van der Waals surface area contributed by atoms with Gasteiger partial charge in [-0.05, 0) is 25.0 Å². The van der Waals surface area contributed by atoms with Gasteiger partial charge in [-0.3, -0.25) is 9.59 Å². The zero-order valence-electron chi connectivity index (χ0n) is 11.0. The fourth-order valence-electron chi connectivity index (χ4n) is 3.04. The van der Waals surface area contributed by atoms with E-state index in [0.717, 1.165) is 25.7 Å². The Kier molecular flexibility index (Phi) is 2.81. The van der Waals surface area contributed by atoms with E-state index in [0.29, 0.717) is 17.7 Å². The molecule has 2 aliphatic rings. The van der Waals surface area contributed by atoms with Gasteiger partial charge in [-0.1, -0.05) is 19.1 Å². The molecule has 1 aliphatic heterocycles. The van der Waals surface area contributed by atoms with Crippen molar-refractivity contribution in [3.63, 3.8) is 0 Å². The lowest BCUT2D eigenvalue weighted by Crippen LogP contribution is -2.59. The Morgan fingerprint density at radius 1 is 1.32 bits per heavy atom. The summed E-state index contributed by atoms with van der Waals surface area (Å²) in [5.74, 6) is 0.242. The van der Waals surface area contributed by atoms with Gasteiger partial charge in [-0.15, -0.1) is 0 Å². The van der Waals surface area contributed by atoms with Crippen LogP contribution < -0.4 is 4.74 Å². The summed E-state index contributed by atoms with van der Waals surface area (Å²) in [6, 6.07) is 7.17. The van der Waals surface area contributed by atoms with Gasteiger partial charge in [0, 0.05) is 19.3 Å². The molecule has 0 saturated heterocycles. The monoisotopic (exact) mass is 259 g/mol. The van der Waals surface area contributed by atoms with Crippen molar-refractivity contribution in [3.05, 3.63) is 29.8 Å². The Hall–Kier alpha value is -1.84. The summed E-state index contributed by atoms with van der Waals surface area (Å²) in [6.07, 6.45) is 3.77. The molecule has 1 fully saturated rings. The van der Waals surface area contributed by atoms with Gasteiger partial charge in [0.05, 0.1) is 5.56 Å². The number of carbonyl (C=O) groups is 2. The minimum absolute atomic E-state index is 0.151. The van der Waals surface area contributed by atoms with Crippen LogP contribution in [0.2, 0.25) is 0 Å². The lowest BCUT2D eigenvalue weighted by atomic mass is 10.0. The Bertz CT molecular complexity index is 532. The van der Waals surface area contributed by atoms with E-state index in [9.17, 15) is 9.59 Å². The summed E-state index contributed by atoms with van der Waals surface area (Å²) in [7, 11) is 0. The van der Waals surface area contributed by atoms with Crippen molar-refractivity contribution in [1.82, 2.24) is 4.90 Å². The Labute approximate surface area is 112 Å². The van der Waals surface area contributed by atoms with Crippen LogP contribution in [0.5, 0.6) is 5.75 Å². The molecule has 4 nitrogen and oxygen atoms in total. The third kappa shape index (κ3) is 1.74. The molecule has 100 valence electrons. The van der Waals surface area contributed by atoms with Crippen LogP contribution in [0, 0.1) is 0 Å². The number of imide groups is 1. The maximum Gasteiger partial charge on any atom is 0.267 e. The second-order valence-electron chi connectivity index (χ2n) is 5.14. The van der Waals surface area contributed by atoms with Crippen molar-refractivity contribution in [2.75, 3.05) is 0 Å². The van der Waals surface area contributed by atoms with Crippen LogP contribution in [-0.2, 0) is 4.79 Å². The lowest BCUT2D eigenvalue weighted by Gasteiger charge is -2.43. The highest BCUT2D eigenvalue weighted by atomic mass is 16.5. The topological polar surface area (TPSA) is 46.6 Å². The van der Waals surface area contributed by atoms with Crippen LogP contribution in [0.15, 0.2) is 24.3 Å². The van der Waals surface area contributed by atoms with Gasteiger partial charge in [0.2, 0.25) is 5.91 Å². The van der Waals surface area contributed by atoms with E-state index in [4.69, 9.17) is 4.74 Å². The zero-order chi connectivity index (χ0) is 13.5. The standard InChI is InChI=1S/C15H17NO3/c1-2-13(17)16-14(18)11-7-3-4-8-12(11)19-15(16)9-5-6-10-15/h3-4,7-8H,2,5-6,9-10H2,1H3. The van der Waals surface area contributed by atoms with Gasteiger partial charge in [0.25, 0.3) is 5.91 Å². The Morgan fingerprint density at radius 3 is 2.68 bits per heavy atom. The predicted octanol–water partition coefficient (Wildman–Crippen LogP) is 2.73. The molecule has 0 unspecified atom stereocenters. The number of benzene rings is 1. The van der Waals surface area contributed by atoms with Crippen LogP contribution in [0.4, 0.5) is 0 Å². The van der Waals surface area contributed by atoms with Crippen molar-refractivity contribution in [2.45, 2.75) is 44.8 Å². The van der Waals surface area contributed by atoms with Crippen molar-refractivity contribution in [3.8, 4) is 5.75 Å². The first kappa shape index (κ1) is 12.2. The maximum absolute atomic E-state index is 12.6. The fraction of sp³-hybridized carbons (Fsp3) is 0.467. The molecule has 0 bridgehead atoms. The van der Waals surface area contributed by atoms with Gasteiger partial charge < -0.3 is 4.74 Å². The molecule has 0 aromatic heterocycles. The molecule has 4 heteroatoms. The Morgan fingerprint density at radius 2 is 2.00 bits per heavy atom. The van der Waals surface area contributed by atoms with Crippen LogP contribution in [0.25, 0.3) is 0 Å². The average Bonchev–Trinajstić information content (AvgIpc) is 2.87. The van der Waals surface area contributed by atoms with E-state index in [1.165, 1.54) is 4.90 Å². The largest absolute Gasteiger partial charge is 0.467 e. The van der Waals surface area contributed by atoms with E-state index < -0.39 is 5.72 Å². The van der Waals surface area contributed by atoms with Gasteiger partial charge in [0.1, 0.15) is 5.75 Å². The molecule has 3 rings (SSSR count). The van der Waals surface area contributed by atoms with Gasteiger partial charge >= 0.3 is 0 Å². The summed E-state index contributed by atoms with van der Waals surface area (Å²) in [5.41, 5.74) is -0.250. The highest BCUT2D eigenvalue weighted by Crippen LogP contribution is 2.43. The van der Waals surface area contributed by atoms with Gasteiger partial charge in [-0.2, -0.15) is 0 Å². The predicted molar refractivity (Wildman–Crippen MR) is 69.7 cm³/mol. The van der Waals surface area contributed by atoms with Crippen LogP contribution in [0.3, 0.4) is 0 Å². The molecule has 1 saturated carbocycles. The zero-order valence-corrected chi connectivity index (χ0v) is 11.0. The molecule has 0 atom stereocenters. The minimum Gasteiger partial charge on any atom is -0.467 e. The number of carbonyl (C=O) groups excluding carboxylic acids is 2. The van der Waals surface area contributed by atoms with Crippen molar-refractivity contribution in [2.24, 2.45) is 0 Å². The summed E-state index contributed by atoms with van der Waals surface area (Å²) in [6.45, 7) is 1.78. The highest BCUT2D eigenvalue weighted by Gasteiger charge is 2.51. The van der Waals surface area contributed by atoms with Crippen LogP contribution in [-0.4, -0.2) is 22.4 Å². The summed E-state index contributed by atoms with van der Waals surface area (Å²) in [4.78, 5) is 26.1. The molecule has 0 N–H and O–H groups in total. The van der Waals surface area contributed by atoms with Crippen molar-refractivity contribution in [1.29, 1.82) is 0 Å². The van der Waals surface area contributed by atoms with Gasteiger partial charge in [0.15, 0.2) is 5.72 Å². The van der Waals surface area contributed by atoms with E-state index >= 15 is 0 Å². The molecular formula is C15H17NO3. The number of rotatable bonds is 1. The van der Waals surface area contributed by atoms with Crippen LogP contribution in [0.1, 0.15) is 49.4 Å². The van der Waals surface area contributed by atoms with E-state index in [2.05, 4.69) is 0 Å². The first-order valence-corrected chi connectivity index (χ1v) is 6.83. The van der Waals surface area contributed by atoms with Gasteiger partial charge in [-0.25, -0.2) is 4.90 Å². The SMILES string of the molecule is CCC(=O)N1C(=O)c2ccccc2OC12CCCC2. The maximum atomic E-state index is 12.6. The summed E-state index contributed by atoms with van der Waals surface area (Å²) in [5, 5.41) is 0. The number of para-hydroxylation sites is 1. The number of ether oxygens (including phenoxy) is 1. The number of amides is 2. The molecule has 19 heavy (non-hydrogen) atoms. The number of fused-ring (bicyclic) bond motifs is 1. The van der Waals surface area contributed by atoms with E-state index in [-0.39, 0.29) is 11.8 Å². The quantitative estimate of drug-likeness (QED) is 0.779. The van der Waals surface area contributed by atoms with Crippen molar-refractivity contribution >= 4 is 11.8 Å². The smallest absolute Gasteiger partial charge is 0.267 e. The molecule has 2 amide bonds. The normalized spacial score (nSPS) is 20.3. The number of hydrogen-bond donors (Lipinski definition) is 0. The third-order valence-corrected chi connectivity index (χ3v) is 3.96. The second kappa shape index (κ2) is 4.37. The number of nitrogens with zero attached hydrogens (tertiary/aromatic N) is 1. The van der Waals surface area contributed by atoms with E-state index in [1.54, 1.807) is 25.1 Å². The summed E-state index contributed by atoms with van der Waals surface area (Å²) < 4.78 is 6.07. The first-order valence-electron chi connectivity index (χ1n) is 6.83. The van der Waals surface area contributed by atoms with E-state index in [1.807, 2.05) is 6.07 Å². The Balaban J connectivity index is 2.10. The molecule has 1 heterocycles. The average molecular weight is 259 g/mol. The first-order chi connectivity index (χ1) is 9.18. The number of hydrogen-bond acceptors (Lipinski definition) is 3. The molecule has 0 radical (unpaired) electrons. The lowest BCUT2D eigenvalue weighted by molar-refractivity contribution is -0.147. The molecule has 1 aromatic rings. The fourth-order valence-corrected chi connectivity index (χ4v) is 3.04. The highest BCUT2D eigenvalue weighted by molar-refractivity contribution is 6.07. The van der Waals surface area contributed by atoms with Crippen LogP contribution >= 0.6 is 0 Å². The molecule has 1 aromatic carbocycles. The van der Waals surface area contributed by atoms with Crippen molar-refractivity contribution < 1.29 is 14.3 Å². The summed E-state index contributed by atoms with van der Waals surface area (Å²) >= 11 is 0. The minimum atomic E-state index is -0.738.